The lowest BCUT2D eigenvalue weighted by atomic mass is 9.87. The number of benzene rings is 1. The van der Waals surface area contributed by atoms with E-state index in [-0.39, 0.29) is 11.3 Å². The fourth-order valence-corrected chi connectivity index (χ4v) is 2.22. The molecule has 0 saturated heterocycles. The van der Waals surface area contributed by atoms with Gasteiger partial charge < -0.3 is 4.90 Å². The molecule has 0 aliphatic rings. The van der Waals surface area contributed by atoms with E-state index in [1.807, 2.05) is 7.05 Å². The van der Waals surface area contributed by atoms with Crippen LogP contribution < -0.4 is 0 Å². The van der Waals surface area contributed by atoms with Gasteiger partial charge in [-0.15, -0.1) is 11.6 Å². The van der Waals surface area contributed by atoms with Crippen molar-refractivity contribution >= 4 is 17.5 Å². The standard InChI is InChI=1S/C17H26ClNO/c1-17(2,3)15-10-8-14(9-11-15)13-19(4)16(20)7-5-6-12-18/h8-11H,5-7,12-13H2,1-4H3. The topological polar surface area (TPSA) is 20.3 Å². The van der Waals surface area contributed by atoms with Gasteiger partial charge in [0.2, 0.25) is 5.91 Å². The molecule has 0 spiro atoms. The molecule has 0 bridgehead atoms. The Morgan fingerprint density at radius 1 is 1.15 bits per heavy atom. The SMILES string of the molecule is CN(Cc1ccc(C(C)(C)C)cc1)C(=O)CCCCCl. The lowest BCUT2D eigenvalue weighted by Crippen LogP contribution is -2.25. The number of halogens is 1. The third-order valence-corrected chi connectivity index (χ3v) is 3.71. The molecule has 0 aliphatic carbocycles. The molecule has 0 radical (unpaired) electrons. The van der Waals surface area contributed by atoms with Crippen molar-refractivity contribution in [2.45, 2.75) is 52.0 Å². The Kier molecular flexibility index (Phi) is 6.54. The van der Waals surface area contributed by atoms with Crippen molar-refractivity contribution in [1.82, 2.24) is 4.90 Å². The van der Waals surface area contributed by atoms with Crippen LogP contribution in [-0.2, 0) is 16.8 Å². The second-order valence-electron chi connectivity index (χ2n) is 6.34. The van der Waals surface area contributed by atoms with Gasteiger partial charge in [-0.25, -0.2) is 0 Å². The van der Waals surface area contributed by atoms with Crippen LogP contribution in [0.5, 0.6) is 0 Å². The summed E-state index contributed by atoms with van der Waals surface area (Å²) in [5.41, 5.74) is 2.66. The summed E-state index contributed by atoms with van der Waals surface area (Å²) in [6.07, 6.45) is 2.36. The summed E-state index contributed by atoms with van der Waals surface area (Å²) >= 11 is 5.62. The maximum atomic E-state index is 11.9. The van der Waals surface area contributed by atoms with E-state index in [9.17, 15) is 4.79 Å². The normalized spacial score (nSPS) is 11.4. The summed E-state index contributed by atoms with van der Waals surface area (Å²) in [5, 5.41) is 0. The number of rotatable bonds is 6. The quantitative estimate of drug-likeness (QED) is 0.564. The molecule has 0 unspecified atom stereocenters. The van der Waals surface area contributed by atoms with Crippen molar-refractivity contribution in [3.63, 3.8) is 0 Å². The van der Waals surface area contributed by atoms with E-state index in [0.29, 0.717) is 18.8 Å². The first-order valence-corrected chi connectivity index (χ1v) is 7.77. The van der Waals surface area contributed by atoms with Crippen molar-refractivity contribution in [1.29, 1.82) is 0 Å². The fraction of sp³-hybridized carbons (Fsp3) is 0.588. The van der Waals surface area contributed by atoms with Gasteiger partial charge in [0.25, 0.3) is 0 Å². The number of hydrogen-bond donors (Lipinski definition) is 0. The Labute approximate surface area is 128 Å². The fourth-order valence-electron chi connectivity index (χ4n) is 2.03. The molecular formula is C17H26ClNO. The van der Waals surface area contributed by atoms with Gasteiger partial charge in [-0.3, -0.25) is 4.79 Å². The van der Waals surface area contributed by atoms with Crippen LogP contribution in [-0.4, -0.2) is 23.7 Å². The molecule has 0 aliphatic heterocycles. The molecule has 0 saturated carbocycles. The monoisotopic (exact) mass is 295 g/mol. The average Bonchev–Trinajstić information content (AvgIpc) is 2.38. The minimum Gasteiger partial charge on any atom is -0.341 e. The Morgan fingerprint density at radius 2 is 1.75 bits per heavy atom. The number of amides is 1. The van der Waals surface area contributed by atoms with Crippen LogP contribution in [0.1, 0.15) is 51.2 Å². The van der Waals surface area contributed by atoms with E-state index in [1.165, 1.54) is 11.1 Å². The van der Waals surface area contributed by atoms with Gasteiger partial charge in [0, 0.05) is 25.9 Å². The third kappa shape index (κ3) is 5.54. The van der Waals surface area contributed by atoms with Crippen LogP contribution in [0.15, 0.2) is 24.3 Å². The molecule has 0 aromatic heterocycles. The highest BCUT2D eigenvalue weighted by Gasteiger charge is 2.13. The van der Waals surface area contributed by atoms with Crippen molar-refractivity contribution < 1.29 is 4.79 Å². The van der Waals surface area contributed by atoms with Crippen LogP contribution in [0.4, 0.5) is 0 Å². The third-order valence-electron chi connectivity index (χ3n) is 3.44. The summed E-state index contributed by atoms with van der Waals surface area (Å²) in [6, 6.07) is 8.54. The smallest absolute Gasteiger partial charge is 0.222 e. The summed E-state index contributed by atoms with van der Waals surface area (Å²) in [6.45, 7) is 7.28. The summed E-state index contributed by atoms with van der Waals surface area (Å²) in [4.78, 5) is 13.7. The first-order valence-electron chi connectivity index (χ1n) is 7.24. The first kappa shape index (κ1) is 17.0. The van der Waals surface area contributed by atoms with Gasteiger partial charge in [-0.1, -0.05) is 45.0 Å². The predicted molar refractivity (Wildman–Crippen MR) is 86.2 cm³/mol. The molecule has 1 aromatic carbocycles. The summed E-state index contributed by atoms with van der Waals surface area (Å²) in [7, 11) is 1.86. The zero-order valence-corrected chi connectivity index (χ0v) is 13.8. The molecule has 20 heavy (non-hydrogen) atoms. The van der Waals surface area contributed by atoms with Crippen molar-refractivity contribution in [2.24, 2.45) is 0 Å². The van der Waals surface area contributed by atoms with Gasteiger partial charge in [0.1, 0.15) is 0 Å². The highest BCUT2D eigenvalue weighted by molar-refractivity contribution is 6.17. The van der Waals surface area contributed by atoms with Crippen molar-refractivity contribution in [2.75, 3.05) is 12.9 Å². The lowest BCUT2D eigenvalue weighted by molar-refractivity contribution is -0.130. The molecule has 1 rings (SSSR count). The minimum absolute atomic E-state index is 0.168. The molecular weight excluding hydrogens is 270 g/mol. The minimum atomic E-state index is 0.168. The number of nitrogens with zero attached hydrogens (tertiary/aromatic N) is 1. The number of hydrogen-bond acceptors (Lipinski definition) is 1. The average molecular weight is 296 g/mol. The molecule has 0 heterocycles. The number of carbonyl (C=O) groups excluding carboxylic acids is 1. The number of unbranched alkanes of at least 4 members (excludes halogenated alkanes) is 1. The van der Waals surface area contributed by atoms with E-state index in [2.05, 4.69) is 45.0 Å². The van der Waals surface area contributed by atoms with Crippen LogP contribution >= 0.6 is 11.6 Å². The van der Waals surface area contributed by atoms with Crippen molar-refractivity contribution in [3.05, 3.63) is 35.4 Å². The highest BCUT2D eigenvalue weighted by atomic mass is 35.5. The molecule has 0 fully saturated rings. The van der Waals surface area contributed by atoms with Crippen molar-refractivity contribution in [3.8, 4) is 0 Å². The van der Waals surface area contributed by atoms with E-state index in [1.54, 1.807) is 4.90 Å². The molecule has 3 heteroatoms. The van der Waals surface area contributed by atoms with E-state index in [0.717, 1.165) is 12.8 Å². The number of carbonyl (C=O) groups is 1. The van der Waals surface area contributed by atoms with E-state index < -0.39 is 0 Å². The predicted octanol–water partition coefficient (Wildman–Crippen LogP) is 4.35. The number of alkyl halides is 1. The molecule has 0 atom stereocenters. The van der Waals surface area contributed by atoms with Crippen LogP contribution in [0.2, 0.25) is 0 Å². The highest BCUT2D eigenvalue weighted by Crippen LogP contribution is 2.22. The maximum absolute atomic E-state index is 11.9. The largest absolute Gasteiger partial charge is 0.341 e. The zero-order valence-electron chi connectivity index (χ0n) is 13.1. The van der Waals surface area contributed by atoms with Gasteiger partial charge in [-0.05, 0) is 29.4 Å². The Balaban J connectivity index is 2.53. The second kappa shape index (κ2) is 7.68. The lowest BCUT2D eigenvalue weighted by Gasteiger charge is -2.21. The second-order valence-corrected chi connectivity index (χ2v) is 6.72. The van der Waals surface area contributed by atoms with Crippen LogP contribution in [0, 0.1) is 0 Å². The van der Waals surface area contributed by atoms with Crippen LogP contribution in [0.25, 0.3) is 0 Å². The van der Waals surface area contributed by atoms with Gasteiger partial charge in [0.05, 0.1) is 0 Å². The molecule has 112 valence electrons. The summed E-state index contributed by atoms with van der Waals surface area (Å²) < 4.78 is 0. The molecule has 1 amide bonds. The van der Waals surface area contributed by atoms with Gasteiger partial charge in [0.15, 0.2) is 0 Å². The molecule has 0 N–H and O–H groups in total. The first-order chi connectivity index (χ1) is 9.34. The maximum Gasteiger partial charge on any atom is 0.222 e. The van der Waals surface area contributed by atoms with Gasteiger partial charge in [-0.2, -0.15) is 0 Å². The van der Waals surface area contributed by atoms with Crippen LogP contribution in [0.3, 0.4) is 0 Å². The summed E-state index contributed by atoms with van der Waals surface area (Å²) in [5.74, 6) is 0.820. The van der Waals surface area contributed by atoms with E-state index in [4.69, 9.17) is 11.6 Å². The Morgan fingerprint density at radius 3 is 2.25 bits per heavy atom. The molecule has 2 nitrogen and oxygen atoms in total. The Bertz CT molecular complexity index is 420. The zero-order chi connectivity index (χ0) is 15.2. The molecule has 1 aromatic rings. The van der Waals surface area contributed by atoms with E-state index >= 15 is 0 Å². The Hall–Kier alpha value is -1.02. The van der Waals surface area contributed by atoms with Gasteiger partial charge >= 0.3 is 0 Å².